The van der Waals surface area contributed by atoms with E-state index in [9.17, 15) is 9.90 Å². The highest BCUT2D eigenvalue weighted by Crippen LogP contribution is 2.35. The molecule has 1 aliphatic heterocycles. The molecule has 2 aromatic rings. The van der Waals surface area contributed by atoms with E-state index in [1.807, 2.05) is 49.2 Å². The summed E-state index contributed by atoms with van der Waals surface area (Å²) in [5.41, 5.74) is 2.65. The van der Waals surface area contributed by atoms with Gasteiger partial charge >= 0.3 is 0 Å². The van der Waals surface area contributed by atoms with Gasteiger partial charge in [-0.05, 0) is 31.6 Å². The number of aliphatic hydroxyl groups excluding tert-OH is 1. The van der Waals surface area contributed by atoms with Gasteiger partial charge in [-0.25, -0.2) is 0 Å². The van der Waals surface area contributed by atoms with E-state index in [1.54, 1.807) is 0 Å². The van der Waals surface area contributed by atoms with Crippen LogP contribution in [0.15, 0.2) is 30.5 Å². The second-order valence-corrected chi connectivity index (χ2v) is 6.65. The van der Waals surface area contributed by atoms with Crippen molar-refractivity contribution >= 4 is 34.0 Å². The third-order valence-corrected chi connectivity index (χ3v) is 5.20. The molecule has 2 atom stereocenters. The number of H-pyrrole nitrogens is 1. The number of carbonyl (C=O) groups is 1. The second kappa shape index (κ2) is 7.60. The number of hydrogen-bond acceptors (Lipinski definition) is 3. The zero-order valence-corrected chi connectivity index (χ0v) is 15.3. The van der Waals surface area contributed by atoms with Gasteiger partial charge in [0.05, 0.1) is 29.1 Å². The predicted molar refractivity (Wildman–Crippen MR) is 102 cm³/mol. The Morgan fingerprint density at radius 2 is 2.08 bits per heavy atom. The number of nitrogens with one attached hydrogen (secondary N) is 2. The molecule has 0 radical (unpaired) electrons. The fourth-order valence-corrected chi connectivity index (χ4v) is 3.77. The number of aromatic nitrogens is 1. The molecular formula is C19H24ClN3O2. The Morgan fingerprint density at radius 1 is 1.32 bits per heavy atom. The van der Waals surface area contributed by atoms with Crippen molar-refractivity contribution in [2.45, 2.75) is 19.9 Å². The molecular weight excluding hydrogens is 338 g/mol. The summed E-state index contributed by atoms with van der Waals surface area (Å²) in [6.07, 6.45) is 3.84. The summed E-state index contributed by atoms with van der Waals surface area (Å²) in [6, 6.07) is 5.56. The smallest absolute Gasteiger partial charge is 0.230 e. The second-order valence-electron chi connectivity index (χ2n) is 6.25. The summed E-state index contributed by atoms with van der Waals surface area (Å²) in [5, 5.41) is 14.8. The van der Waals surface area contributed by atoms with Crippen molar-refractivity contribution in [3.63, 3.8) is 0 Å². The fraction of sp³-hybridized carbons (Fsp3) is 0.421. The first-order valence-corrected chi connectivity index (χ1v) is 9.09. The van der Waals surface area contributed by atoms with Crippen LogP contribution in [0.5, 0.6) is 0 Å². The van der Waals surface area contributed by atoms with Crippen LogP contribution in [-0.4, -0.2) is 53.2 Å². The molecule has 1 aromatic carbocycles. The van der Waals surface area contributed by atoms with Gasteiger partial charge < -0.3 is 20.3 Å². The maximum Gasteiger partial charge on any atom is 0.230 e. The molecule has 1 aliphatic rings. The van der Waals surface area contributed by atoms with Crippen molar-refractivity contribution in [1.29, 1.82) is 0 Å². The molecule has 0 aliphatic carbocycles. The topological polar surface area (TPSA) is 68.4 Å². The number of aliphatic hydroxyl groups is 1. The van der Waals surface area contributed by atoms with Crippen LogP contribution in [0.25, 0.3) is 16.5 Å². The van der Waals surface area contributed by atoms with Crippen LogP contribution in [0.4, 0.5) is 0 Å². The van der Waals surface area contributed by atoms with Gasteiger partial charge in [0.2, 0.25) is 5.91 Å². The Morgan fingerprint density at radius 3 is 2.76 bits per heavy atom. The van der Waals surface area contributed by atoms with E-state index >= 15 is 0 Å². The van der Waals surface area contributed by atoms with Gasteiger partial charge in [-0.3, -0.25) is 4.79 Å². The first kappa shape index (κ1) is 18.0. The highest BCUT2D eigenvalue weighted by atomic mass is 35.5. The number of nitrogens with zero attached hydrogens (tertiary/aromatic N) is 1. The maximum atomic E-state index is 12.8. The molecule has 2 unspecified atom stereocenters. The van der Waals surface area contributed by atoms with Crippen molar-refractivity contribution in [3.05, 3.63) is 41.1 Å². The summed E-state index contributed by atoms with van der Waals surface area (Å²) in [4.78, 5) is 17.8. The third-order valence-electron chi connectivity index (χ3n) is 4.88. The van der Waals surface area contributed by atoms with E-state index < -0.39 is 0 Å². The van der Waals surface area contributed by atoms with Gasteiger partial charge in [0.15, 0.2) is 0 Å². The fourth-order valence-electron chi connectivity index (χ4n) is 3.50. The molecule has 0 spiro atoms. The first-order chi connectivity index (χ1) is 12.1. The largest absolute Gasteiger partial charge is 0.394 e. The zero-order chi connectivity index (χ0) is 18.0. The quantitative estimate of drug-likeness (QED) is 0.767. The Hall–Kier alpha value is -1.82. The lowest BCUT2D eigenvalue weighted by Crippen LogP contribution is -2.46. The van der Waals surface area contributed by atoms with Gasteiger partial charge in [0.25, 0.3) is 0 Å². The predicted octanol–water partition coefficient (Wildman–Crippen LogP) is 2.65. The molecule has 1 aromatic heterocycles. The normalized spacial score (nSPS) is 20.6. The maximum absolute atomic E-state index is 12.8. The number of aromatic amines is 1. The molecule has 0 bridgehead atoms. The SMILES string of the molecule is CCN(CC)C(=O)C1C=C(c2c(Cl)ccc3cc[nH]c23)C(CO)NC1. The van der Waals surface area contributed by atoms with Gasteiger partial charge in [0.1, 0.15) is 0 Å². The van der Waals surface area contributed by atoms with E-state index in [2.05, 4.69) is 10.3 Å². The average Bonchev–Trinajstić information content (AvgIpc) is 3.10. The zero-order valence-electron chi connectivity index (χ0n) is 14.6. The number of carbonyl (C=O) groups excluding carboxylic acids is 1. The standard InChI is InChI=1S/C19H24ClN3O2/c1-3-23(4-2)19(25)13-9-14(16(11-24)22-10-13)17-15(20)6-5-12-7-8-21-18(12)17/h5-9,13,16,21-22,24H,3-4,10-11H2,1-2H3. The van der Waals surface area contributed by atoms with Gasteiger partial charge in [-0.1, -0.05) is 23.7 Å². The van der Waals surface area contributed by atoms with Crippen LogP contribution < -0.4 is 5.32 Å². The molecule has 1 amide bonds. The molecule has 134 valence electrons. The highest BCUT2D eigenvalue weighted by Gasteiger charge is 2.30. The molecule has 3 rings (SSSR count). The van der Waals surface area contributed by atoms with Crippen molar-refractivity contribution in [3.8, 4) is 0 Å². The number of benzene rings is 1. The first-order valence-electron chi connectivity index (χ1n) is 8.71. The van der Waals surface area contributed by atoms with Crippen molar-refractivity contribution in [2.24, 2.45) is 5.92 Å². The Labute approximate surface area is 152 Å². The molecule has 0 saturated heterocycles. The number of amides is 1. The van der Waals surface area contributed by atoms with Gasteiger partial charge in [0, 0.05) is 36.8 Å². The molecule has 0 fully saturated rings. The summed E-state index contributed by atoms with van der Waals surface area (Å²) in [7, 11) is 0. The molecule has 0 saturated carbocycles. The summed E-state index contributed by atoms with van der Waals surface area (Å²) >= 11 is 6.49. The summed E-state index contributed by atoms with van der Waals surface area (Å²) in [6.45, 7) is 5.80. The third kappa shape index (κ3) is 3.32. The van der Waals surface area contributed by atoms with Gasteiger partial charge in [-0.2, -0.15) is 0 Å². The minimum atomic E-state index is -0.265. The minimum Gasteiger partial charge on any atom is -0.394 e. The summed E-state index contributed by atoms with van der Waals surface area (Å²) < 4.78 is 0. The molecule has 5 nitrogen and oxygen atoms in total. The van der Waals surface area contributed by atoms with E-state index in [0.717, 1.165) is 22.0 Å². The van der Waals surface area contributed by atoms with Crippen LogP contribution >= 0.6 is 11.6 Å². The molecule has 6 heteroatoms. The van der Waals surface area contributed by atoms with Crippen LogP contribution in [0.1, 0.15) is 19.4 Å². The highest BCUT2D eigenvalue weighted by molar-refractivity contribution is 6.33. The minimum absolute atomic E-state index is 0.0502. The molecule has 3 N–H and O–H groups in total. The molecule has 25 heavy (non-hydrogen) atoms. The Bertz CT molecular complexity index is 795. The Kier molecular flexibility index (Phi) is 5.47. The van der Waals surface area contributed by atoms with E-state index in [1.165, 1.54) is 0 Å². The van der Waals surface area contributed by atoms with E-state index in [-0.39, 0.29) is 24.5 Å². The number of halogens is 1. The van der Waals surface area contributed by atoms with Crippen LogP contribution in [0.2, 0.25) is 5.02 Å². The van der Waals surface area contributed by atoms with Crippen LogP contribution in [0.3, 0.4) is 0 Å². The summed E-state index contributed by atoms with van der Waals surface area (Å²) in [5.74, 6) is -0.167. The lowest BCUT2D eigenvalue weighted by molar-refractivity contribution is -0.133. The number of rotatable bonds is 5. The Balaban J connectivity index is 2.08. The van der Waals surface area contributed by atoms with Crippen LogP contribution in [0, 0.1) is 5.92 Å². The van der Waals surface area contributed by atoms with Crippen molar-refractivity contribution in [2.75, 3.05) is 26.2 Å². The van der Waals surface area contributed by atoms with Crippen LogP contribution in [-0.2, 0) is 4.79 Å². The number of hydrogen-bond donors (Lipinski definition) is 3. The lowest BCUT2D eigenvalue weighted by atomic mass is 9.89. The monoisotopic (exact) mass is 361 g/mol. The lowest BCUT2D eigenvalue weighted by Gasteiger charge is -2.32. The van der Waals surface area contributed by atoms with Crippen molar-refractivity contribution in [1.82, 2.24) is 15.2 Å². The molecule has 2 heterocycles. The van der Waals surface area contributed by atoms with E-state index in [0.29, 0.717) is 24.7 Å². The van der Waals surface area contributed by atoms with E-state index in [4.69, 9.17) is 11.6 Å². The average molecular weight is 362 g/mol. The van der Waals surface area contributed by atoms with Crippen molar-refractivity contribution < 1.29 is 9.90 Å². The van der Waals surface area contributed by atoms with Gasteiger partial charge in [-0.15, -0.1) is 0 Å². The number of fused-ring (bicyclic) bond motifs is 1.